The molecule has 0 aliphatic carbocycles. The highest BCUT2D eigenvalue weighted by atomic mass is 16.4. The van der Waals surface area contributed by atoms with E-state index in [-0.39, 0.29) is 16.8 Å². The second-order valence-electron chi connectivity index (χ2n) is 5.30. The molecule has 0 aromatic heterocycles. The van der Waals surface area contributed by atoms with Gasteiger partial charge in [0.2, 0.25) is 0 Å². The Morgan fingerprint density at radius 2 is 1.40 bits per heavy atom. The minimum Gasteiger partial charge on any atom is -0.478 e. The second-order valence-corrected chi connectivity index (χ2v) is 5.30. The van der Waals surface area contributed by atoms with Gasteiger partial charge in [0.25, 0.3) is 0 Å². The summed E-state index contributed by atoms with van der Waals surface area (Å²) in [5.74, 6) is -2.48. The maximum atomic E-state index is 11.1. The van der Waals surface area contributed by atoms with Crippen LogP contribution >= 0.6 is 0 Å². The zero-order valence-corrected chi connectivity index (χ0v) is 12.9. The lowest BCUT2D eigenvalue weighted by molar-refractivity contribution is 0.0696. The number of aromatic carboxylic acids is 2. The van der Waals surface area contributed by atoms with E-state index in [1.807, 2.05) is 24.3 Å². The summed E-state index contributed by atoms with van der Waals surface area (Å²) in [4.78, 5) is 22.3. The van der Waals surface area contributed by atoms with Gasteiger partial charge in [0.15, 0.2) is 0 Å². The van der Waals surface area contributed by atoms with E-state index in [1.54, 1.807) is 12.1 Å². The van der Waals surface area contributed by atoms with Gasteiger partial charge in [-0.25, -0.2) is 9.59 Å². The fourth-order valence-electron chi connectivity index (χ4n) is 2.42. The number of nitrogens with zero attached hydrogens (tertiary/aromatic N) is 2. The number of carboxylic acids is 2. The normalized spacial score (nSPS) is 11.0. The molecular weight excluding hydrogens is 322 g/mol. The molecule has 0 atom stereocenters. The summed E-state index contributed by atoms with van der Waals surface area (Å²) < 4.78 is 0. The minimum atomic E-state index is -1.24. The Kier molecular flexibility index (Phi) is 4.13. The SMILES string of the molecule is Nc1ccc(N=Nc2cc(C(=O)O)cc(C(=O)O)c2)c2ccccc12. The summed E-state index contributed by atoms with van der Waals surface area (Å²) in [7, 11) is 0. The predicted octanol–water partition coefficient (Wildman–Crippen LogP) is 4.23. The second kappa shape index (κ2) is 6.40. The third-order valence-corrected chi connectivity index (χ3v) is 3.62. The molecule has 0 spiro atoms. The molecule has 25 heavy (non-hydrogen) atoms. The molecule has 0 radical (unpaired) electrons. The number of nitrogens with two attached hydrogens (primary N) is 1. The van der Waals surface area contributed by atoms with Gasteiger partial charge in [0, 0.05) is 16.5 Å². The fraction of sp³-hybridized carbons (Fsp3) is 0. The van der Waals surface area contributed by atoms with Crippen molar-refractivity contribution in [3.8, 4) is 0 Å². The standard InChI is InChI=1S/C18H13N3O4/c19-15-5-6-16(14-4-2-1-3-13(14)15)21-20-12-8-10(17(22)23)7-11(9-12)18(24)25/h1-9H,19H2,(H,22,23)(H,24,25). The van der Waals surface area contributed by atoms with Crippen molar-refractivity contribution in [2.75, 3.05) is 5.73 Å². The Morgan fingerprint density at radius 1 is 0.800 bits per heavy atom. The Balaban J connectivity index is 2.07. The van der Waals surface area contributed by atoms with Gasteiger partial charge >= 0.3 is 11.9 Å². The van der Waals surface area contributed by atoms with Crippen LogP contribution in [0.4, 0.5) is 17.1 Å². The molecular formula is C18H13N3O4. The number of fused-ring (bicyclic) bond motifs is 1. The largest absolute Gasteiger partial charge is 0.478 e. The van der Waals surface area contributed by atoms with E-state index in [1.165, 1.54) is 12.1 Å². The highest BCUT2D eigenvalue weighted by molar-refractivity contribution is 6.00. The summed E-state index contributed by atoms with van der Waals surface area (Å²) in [5, 5.41) is 27.9. The van der Waals surface area contributed by atoms with E-state index in [9.17, 15) is 9.59 Å². The fourth-order valence-corrected chi connectivity index (χ4v) is 2.42. The molecule has 3 rings (SSSR count). The zero-order valence-electron chi connectivity index (χ0n) is 12.9. The first-order chi connectivity index (χ1) is 12.0. The molecule has 0 fully saturated rings. The van der Waals surface area contributed by atoms with Crippen LogP contribution in [0.3, 0.4) is 0 Å². The number of azo groups is 1. The van der Waals surface area contributed by atoms with Gasteiger partial charge in [-0.1, -0.05) is 24.3 Å². The van der Waals surface area contributed by atoms with Gasteiger partial charge < -0.3 is 15.9 Å². The number of hydrogen-bond acceptors (Lipinski definition) is 5. The van der Waals surface area contributed by atoms with E-state index >= 15 is 0 Å². The number of carbonyl (C=O) groups is 2. The maximum Gasteiger partial charge on any atom is 0.335 e. The van der Waals surface area contributed by atoms with Crippen LogP contribution in [0.2, 0.25) is 0 Å². The lowest BCUT2D eigenvalue weighted by Crippen LogP contribution is -2.01. The molecule has 0 heterocycles. The number of rotatable bonds is 4. The van der Waals surface area contributed by atoms with E-state index in [4.69, 9.17) is 15.9 Å². The van der Waals surface area contributed by atoms with E-state index < -0.39 is 11.9 Å². The number of benzene rings is 3. The third-order valence-electron chi connectivity index (χ3n) is 3.62. The number of carboxylic acid groups (broad SMARTS) is 2. The minimum absolute atomic E-state index is 0.137. The topological polar surface area (TPSA) is 125 Å². The lowest BCUT2D eigenvalue weighted by Gasteiger charge is -2.04. The van der Waals surface area contributed by atoms with Crippen molar-refractivity contribution in [3.05, 3.63) is 65.7 Å². The van der Waals surface area contributed by atoms with E-state index in [0.717, 1.165) is 16.8 Å². The molecule has 0 amide bonds. The van der Waals surface area contributed by atoms with Crippen LogP contribution in [0, 0.1) is 0 Å². The van der Waals surface area contributed by atoms with Crippen LogP contribution in [0.15, 0.2) is 64.8 Å². The lowest BCUT2D eigenvalue weighted by atomic mass is 10.1. The zero-order chi connectivity index (χ0) is 18.0. The van der Waals surface area contributed by atoms with Crippen molar-refractivity contribution in [2.24, 2.45) is 10.2 Å². The quantitative estimate of drug-likeness (QED) is 0.486. The van der Waals surface area contributed by atoms with Crippen LogP contribution < -0.4 is 5.73 Å². The Bertz CT molecular complexity index is 996. The molecule has 0 aliphatic heterocycles. The Morgan fingerprint density at radius 3 is 2.00 bits per heavy atom. The van der Waals surface area contributed by atoms with Crippen molar-refractivity contribution in [2.45, 2.75) is 0 Å². The summed E-state index contributed by atoms with van der Waals surface area (Å²) >= 11 is 0. The van der Waals surface area contributed by atoms with Crippen molar-refractivity contribution >= 4 is 39.8 Å². The summed E-state index contributed by atoms with van der Waals surface area (Å²) in [6.45, 7) is 0. The molecule has 7 nitrogen and oxygen atoms in total. The van der Waals surface area contributed by atoms with Gasteiger partial charge in [-0.3, -0.25) is 0 Å². The summed E-state index contributed by atoms with van der Waals surface area (Å²) in [6.07, 6.45) is 0. The summed E-state index contributed by atoms with van der Waals surface area (Å²) in [5.41, 5.74) is 6.88. The van der Waals surface area contributed by atoms with Gasteiger partial charge in [-0.2, -0.15) is 5.11 Å². The first-order valence-electron chi connectivity index (χ1n) is 7.26. The van der Waals surface area contributed by atoms with Gasteiger partial charge in [-0.15, -0.1) is 5.11 Å². The molecule has 4 N–H and O–H groups in total. The highest BCUT2D eigenvalue weighted by Crippen LogP contribution is 2.31. The molecule has 0 saturated heterocycles. The first-order valence-corrected chi connectivity index (χ1v) is 7.26. The van der Waals surface area contributed by atoms with Gasteiger partial charge in [0.1, 0.15) is 0 Å². The molecule has 0 saturated carbocycles. The average Bonchev–Trinajstić information content (AvgIpc) is 2.61. The highest BCUT2D eigenvalue weighted by Gasteiger charge is 2.11. The van der Waals surface area contributed by atoms with Crippen molar-refractivity contribution in [1.29, 1.82) is 0 Å². The molecule has 0 unspecified atom stereocenters. The van der Waals surface area contributed by atoms with E-state index in [0.29, 0.717) is 11.4 Å². The van der Waals surface area contributed by atoms with Crippen LogP contribution in [0.5, 0.6) is 0 Å². The van der Waals surface area contributed by atoms with Gasteiger partial charge in [0.05, 0.1) is 22.5 Å². The predicted molar refractivity (Wildman–Crippen MR) is 92.9 cm³/mol. The molecule has 3 aromatic rings. The van der Waals surface area contributed by atoms with Gasteiger partial charge in [-0.05, 0) is 30.3 Å². The first kappa shape index (κ1) is 16.1. The molecule has 3 aromatic carbocycles. The van der Waals surface area contributed by atoms with Crippen LogP contribution in [-0.2, 0) is 0 Å². The number of nitrogen functional groups attached to an aromatic ring is 1. The van der Waals surface area contributed by atoms with E-state index in [2.05, 4.69) is 10.2 Å². The molecule has 0 bridgehead atoms. The number of hydrogen-bond donors (Lipinski definition) is 3. The third kappa shape index (κ3) is 3.30. The van der Waals surface area contributed by atoms with Crippen molar-refractivity contribution in [3.63, 3.8) is 0 Å². The maximum absolute atomic E-state index is 11.1. The van der Waals surface area contributed by atoms with Crippen LogP contribution in [0.25, 0.3) is 10.8 Å². The Hall–Kier alpha value is -3.74. The Labute approximate surface area is 142 Å². The monoisotopic (exact) mass is 335 g/mol. The number of anilines is 1. The smallest absolute Gasteiger partial charge is 0.335 e. The van der Waals surface area contributed by atoms with Crippen molar-refractivity contribution < 1.29 is 19.8 Å². The summed E-state index contributed by atoms with van der Waals surface area (Å²) in [6, 6.07) is 14.4. The van der Waals surface area contributed by atoms with Crippen LogP contribution in [-0.4, -0.2) is 22.2 Å². The van der Waals surface area contributed by atoms with Crippen LogP contribution in [0.1, 0.15) is 20.7 Å². The average molecular weight is 335 g/mol. The molecule has 0 aliphatic rings. The van der Waals surface area contributed by atoms with Crippen molar-refractivity contribution in [1.82, 2.24) is 0 Å². The molecule has 124 valence electrons. The molecule has 7 heteroatoms.